The maximum Gasteiger partial charge on any atom is 0.227 e. The third-order valence-electron chi connectivity index (χ3n) is 5.63. The molecule has 2 aliphatic rings. The van der Waals surface area contributed by atoms with Gasteiger partial charge in [0.25, 0.3) is 0 Å². The van der Waals surface area contributed by atoms with E-state index in [2.05, 4.69) is 19.8 Å². The Kier molecular flexibility index (Phi) is 3.91. The number of nitrogens with zero attached hydrogens (tertiary/aromatic N) is 5. The van der Waals surface area contributed by atoms with E-state index in [4.69, 9.17) is 14.7 Å². The molecule has 0 bridgehead atoms. The number of fused-ring (bicyclic) bond motifs is 4. The summed E-state index contributed by atoms with van der Waals surface area (Å²) in [5.74, 6) is 0.500. The van der Waals surface area contributed by atoms with Gasteiger partial charge in [0.05, 0.1) is 19.4 Å². The predicted octanol–water partition coefficient (Wildman–Crippen LogP) is 3.11. The SMILES string of the molecule is Fc1ccc2c3c([nH]c2c1)CCN(c1ncc2nc(N4CCOCC4)sc2n1)C3. The molecule has 3 aromatic heterocycles. The van der Waals surface area contributed by atoms with Gasteiger partial charge in [-0.3, -0.25) is 0 Å². The van der Waals surface area contributed by atoms with Crippen LogP contribution in [0.5, 0.6) is 0 Å². The third kappa shape index (κ3) is 2.92. The molecule has 2 aliphatic heterocycles. The van der Waals surface area contributed by atoms with Crippen LogP contribution < -0.4 is 9.80 Å². The van der Waals surface area contributed by atoms with E-state index in [0.29, 0.717) is 6.54 Å². The Hall–Kier alpha value is -2.78. The highest BCUT2D eigenvalue weighted by Gasteiger charge is 2.23. The summed E-state index contributed by atoms with van der Waals surface area (Å²) in [6.45, 7) is 4.71. The number of hydrogen-bond acceptors (Lipinski definition) is 7. The number of morpholine rings is 1. The Morgan fingerprint density at radius 3 is 2.90 bits per heavy atom. The lowest BCUT2D eigenvalue weighted by Gasteiger charge is -2.27. The molecule has 0 radical (unpaired) electrons. The molecule has 7 nitrogen and oxygen atoms in total. The monoisotopic (exact) mass is 410 g/mol. The van der Waals surface area contributed by atoms with Crippen LogP contribution in [0.2, 0.25) is 0 Å². The van der Waals surface area contributed by atoms with Gasteiger partial charge in [0.2, 0.25) is 5.95 Å². The zero-order valence-electron chi connectivity index (χ0n) is 15.7. The number of rotatable bonds is 2. The lowest BCUT2D eigenvalue weighted by Crippen LogP contribution is -2.36. The second-order valence-electron chi connectivity index (χ2n) is 7.40. The summed E-state index contributed by atoms with van der Waals surface area (Å²) in [5.41, 5.74) is 4.06. The highest BCUT2D eigenvalue weighted by molar-refractivity contribution is 7.21. The molecule has 1 aromatic carbocycles. The Labute approximate surface area is 170 Å². The third-order valence-corrected chi connectivity index (χ3v) is 6.65. The number of thiazole rings is 1. The van der Waals surface area contributed by atoms with Crippen LogP contribution in [0.1, 0.15) is 11.3 Å². The van der Waals surface area contributed by atoms with E-state index in [0.717, 1.165) is 71.6 Å². The standard InChI is InChI=1S/C20H19FN6OS/c21-12-1-2-13-14-11-27(4-3-15(14)23-16(13)9-12)19-22-10-17-18(25-19)29-20(24-17)26-5-7-28-8-6-26/h1-2,9-10,23H,3-8,11H2. The fraction of sp³-hybridized carbons (Fsp3) is 0.350. The largest absolute Gasteiger partial charge is 0.378 e. The number of anilines is 2. The zero-order chi connectivity index (χ0) is 19.4. The topological polar surface area (TPSA) is 70.2 Å². The van der Waals surface area contributed by atoms with Crippen LogP contribution in [-0.2, 0) is 17.7 Å². The molecule has 0 unspecified atom stereocenters. The number of aromatic amines is 1. The molecule has 6 rings (SSSR count). The molecule has 9 heteroatoms. The van der Waals surface area contributed by atoms with Gasteiger partial charge in [-0.25, -0.2) is 14.4 Å². The Balaban J connectivity index is 1.32. The summed E-state index contributed by atoms with van der Waals surface area (Å²) in [4.78, 5) is 22.8. The number of aromatic nitrogens is 4. The van der Waals surface area contributed by atoms with Crippen LogP contribution in [0.25, 0.3) is 21.3 Å². The second-order valence-corrected chi connectivity index (χ2v) is 8.36. The van der Waals surface area contributed by atoms with Crippen molar-refractivity contribution in [2.75, 3.05) is 42.6 Å². The summed E-state index contributed by atoms with van der Waals surface area (Å²) in [7, 11) is 0. The van der Waals surface area contributed by atoms with Gasteiger partial charge in [-0.2, -0.15) is 4.98 Å². The minimum Gasteiger partial charge on any atom is -0.378 e. The first-order valence-electron chi connectivity index (χ1n) is 9.75. The molecule has 1 saturated heterocycles. The summed E-state index contributed by atoms with van der Waals surface area (Å²) in [6.07, 6.45) is 2.67. The van der Waals surface area contributed by atoms with Gasteiger partial charge in [0.1, 0.15) is 11.3 Å². The van der Waals surface area contributed by atoms with E-state index in [1.165, 1.54) is 17.3 Å². The summed E-state index contributed by atoms with van der Waals surface area (Å²) in [6, 6.07) is 4.93. The van der Waals surface area contributed by atoms with Gasteiger partial charge in [-0.1, -0.05) is 11.3 Å². The van der Waals surface area contributed by atoms with Crippen LogP contribution in [-0.4, -0.2) is 52.8 Å². The van der Waals surface area contributed by atoms with Crippen molar-refractivity contribution in [3.8, 4) is 0 Å². The van der Waals surface area contributed by atoms with Crippen molar-refractivity contribution in [1.29, 1.82) is 0 Å². The van der Waals surface area contributed by atoms with Crippen LogP contribution in [0.3, 0.4) is 0 Å². The van der Waals surface area contributed by atoms with E-state index in [1.807, 2.05) is 12.3 Å². The Morgan fingerprint density at radius 2 is 2.00 bits per heavy atom. The fourth-order valence-corrected chi connectivity index (χ4v) is 5.08. The lowest BCUT2D eigenvalue weighted by atomic mass is 10.0. The Bertz CT molecular complexity index is 1210. The highest BCUT2D eigenvalue weighted by Crippen LogP contribution is 2.32. The molecule has 0 spiro atoms. The average Bonchev–Trinajstić information content (AvgIpc) is 3.34. The van der Waals surface area contributed by atoms with Crippen molar-refractivity contribution >= 4 is 43.7 Å². The quantitative estimate of drug-likeness (QED) is 0.548. The summed E-state index contributed by atoms with van der Waals surface area (Å²) < 4.78 is 19.0. The second kappa shape index (κ2) is 6.64. The van der Waals surface area contributed by atoms with Crippen molar-refractivity contribution in [3.05, 3.63) is 41.5 Å². The summed E-state index contributed by atoms with van der Waals surface area (Å²) in [5, 5.41) is 2.05. The number of benzene rings is 1. The van der Waals surface area contributed by atoms with E-state index in [1.54, 1.807) is 17.4 Å². The van der Waals surface area contributed by atoms with Gasteiger partial charge in [-0.15, -0.1) is 0 Å². The zero-order valence-corrected chi connectivity index (χ0v) is 16.5. The average molecular weight is 410 g/mol. The number of H-pyrrole nitrogens is 1. The number of halogens is 1. The van der Waals surface area contributed by atoms with E-state index in [-0.39, 0.29) is 5.82 Å². The van der Waals surface area contributed by atoms with Crippen molar-refractivity contribution in [3.63, 3.8) is 0 Å². The number of nitrogens with one attached hydrogen (secondary N) is 1. The van der Waals surface area contributed by atoms with Crippen LogP contribution >= 0.6 is 11.3 Å². The minimum atomic E-state index is -0.219. The van der Waals surface area contributed by atoms with Crippen molar-refractivity contribution in [2.24, 2.45) is 0 Å². The van der Waals surface area contributed by atoms with Crippen LogP contribution in [0.15, 0.2) is 24.4 Å². The van der Waals surface area contributed by atoms with Crippen LogP contribution in [0, 0.1) is 5.82 Å². The number of hydrogen-bond donors (Lipinski definition) is 1. The number of ether oxygens (including phenoxy) is 1. The molecule has 148 valence electrons. The molecular weight excluding hydrogens is 391 g/mol. The molecule has 0 atom stereocenters. The van der Waals surface area contributed by atoms with Crippen LogP contribution in [0.4, 0.5) is 15.5 Å². The van der Waals surface area contributed by atoms with Gasteiger partial charge in [0, 0.05) is 54.8 Å². The smallest absolute Gasteiger partial charge is 0.227 e. The molecule has 1 N–H and O–H groups in total. The van der Waals surface area contributed by atoms with E-state index in [9.17, 15) is 4.39 Å². The van der Waals surface area contributed by atoms with E-state index < -0.39 is 0 Å². The highest BCUT2D eigenvalue weighted by atomic mass is 32.1. The first-order valence-corrected chi connectivity index (χ1v) is 10.6. The minimum absolute atomic E-state index is 0.219. The van der Waals surface area contributed by atoms with Crippen molar-refractivity contribution in [1.82, 2.24) is 19.9 Å². The van der Waals surface area contributed by atoms with Crippen molar-refractivity contribution < 1.29 is 9.13 Å². The first kappa shape index (κ1) is 17.1. The fourth-order valence-electron chi connectivity index (χ4n) is 4.12. The maximum atomic E-state index is 13.6. The maximum absolute atomic E-state index is 13.6. The summed E-state index contributed by atoms with van der Waals surface area (Å²) >= 11 is 1.61. The molecule has 4 aromatic rings. The van der Waals surface area contributed by atoms with Gasteiger partial charge in [0.15, 0.2) is 9.96 Å². The van der Waals surface area contributed by atoms with Crippen molar-refractivity contribution in [2.45, 2.75) is 13.0 Å². The normalized spacial score (nSPS) is 17.3. The van der Waals surface area contributed by atoms with E-state index >= 15 is 0 Å². The van der Waals surface area contributed by atoms with Gasteiger partial charge >= 0.3 is 0 Å². The lowest BCUT2D eigenvalue weighted by molar-refractivity contribution is 0.122. The molecule has 0 amide bonds. The molecule has 1 fully saturated rings. The molecule has 29 heavy (non-hydrogen) atoms. The van der Waals surface area contributed by atoms with Gasteiger partial charge < -0.3 is 19.5 Å². The van der Waals surface area contributed by atoms with Gasteiger partial charge in [-0.05, 0) is 18.2 Å². The molecular formula is C20H19FN6OS. The Morgan fingerprint density at radius 1 is 1.10 bits per heavy atom. The molecule has 0 saturated carbocycles. The first-order chi connectivity index (χ1) is 14.2. The molecule has 5 heterocycles. The predicted molar refractivity (Wildman–Crippen MR) is 111 cm³/mol. The molecule has 0 aliphatic carbocycles.